The lowest BCUT2D eigenvalue weighted by Crippen LogP contribution is -2.28. The standard InChI is InChI=1S/C26H25F2N5O/c27-18-2-1-3-19(28)24(18)20-10-21(25-22(31-20)12-30-26(25)34)32-23-9-8-17(11-29-23)33-13-15-4-5-16(14-33)7-6-15/h1-3,8-11,15-16H,4-7,12-14H2,(H,30,34)(H,29,31,32). The smallest absolute Gasteiger partial charge is 0.255 e. The van der Waals surface area contributed by atoms with Crippen molar-refractivity contribution in [3.05, 3.63) is 65.5 Å². The van der Waals surface area contributed by atoms with Crippen LogP contribution in [0.3, 0.4) is 0 Å². The Balaban J connectivity index is 1.31. The van der Waals surface area contributed by atoms with E-state index in [2.05, 4.69) is 25.5 Å². The molecule has 174 valence electrons. The maximum atomic E-state index is 14.4. The number of nitrogens with one attached hydrogen (secondary N) is 2. The predicted octanol–water partition coefficient (Wildman–Crippen LogP) is 5.04. The lowest BCUT2D eigenvalue weighted by molar-refractivity contribution is 0.0966. The van der Waals surface area contributed by atoms with Crippen molar-refractivity contribution in [3.63, 3.8) is 0 Å². The zero-order valence-corrected chi connectivity index (χ0v) is 18.7. The molecule has 2 N–H and O–H groups in total. The summed E-state index contributed by atoms with van der Waals surface area (Å²) in [5.74, 6) is 0.379. The number of carbonyl (C=O) groups excluding carboxylic acids is 1. The van der Waals surface area contributed by atoms with Crippen molar-refractivity contribution in [2.75, 3.05) is 23.3 Å². The Morgan fingerprint density at radius 2 is 1.68 bits per heavy atom. The minimum atomic E-state index is -0.704. The third kappa shape index (κ3) is 3.77. The lowest BCUT2D eigenvalue weighted by atomic mass is 9.84. The molecule has 3 fully saturated rings. The number of hydrogen-bond acceptors (Lipinski definition) is 5. The van der Waals surface area contributed by atoms with Crippen LogP contribution in [0.1, 0.15) is 41.7 Å². The zero-order chi connectivity index (χ0) is 23.2. The van der Waals surface area contributed by atoms with Gasteiger partial charge in [-0.2, -0.15) is 0 Å². The number of aromatic nitrogens is 2. The third-order valence-corrected chi connectivity index (χ3v) is 7.26. The second-order valence-corrected chi connectivity index (χ2v) is 9.47. The average Bonchev–Trinajstić information content (AvgIpc) is 2.99. The number of pyridine rings is 2. The topological polar surface area (TPSA) is 70.2 Å². The Morgan fingerprint density at radius 3 is 2.32 bits per heavy atom. The molecule has 2 bridgehead atoms. The number of benzene rings is 1. The van der Waals surface area contributed by atoms with Crippen molar-refractivity contribution in [1.29, 1.82) is 0 Å². The summed E-state index contributed by atoms with van der Waals surface area (Å²) in [6.45, 7) is 2.34. The molecule has 2 saturated heterocycles. The number of carbonyl (C=O) groups is 1. The highest BCUT2D eigenvalue weighted by atomic mass is 19.1. The van der Waals surface area contributed by atoms with Crippen LogP contribution in [0.2, 0.25) is 0 Å². The largest absolute Gasteiger partial charge is 0.370 e. The van der Waals surface area contributed by atoms with Gasteiger partial charge >= 0.3 is 0 Å². The molecule has 8 heteroatoms. The molecule has 1 aliphatic carbocycles. The summed E-state index contributed by atoms with van der Waals surface area (Å²) in [6, 6.07) is 9.13. The highest BCUT2D eigenvalue weighted by Gasteiger charge is 2.30. The fourth-order valence-electron chi connectivity index (χ4n) is 5.49. The molecule has 5 heterocycles. The Hall–Kier alpha value is -3.55. The van der Waals surface area contributed by atoms with E-state index in [1.54, 1.807) is 0 Å². The Morgan fingerprint density at radius 1 is 0.971 bits per heavy atom. The second kappa shape index (κ2) is 8.34. The highest BCUT2D eigenvalue weighted by Crippen LogP contribution is 2.36. The van der Waals surface area contributed by atoms with E-state index in [-0.39, 0.29) is 23.7 Å². The molecule has 1 amide bonds. The van der Waals surface area contributed by atoms with Gasteiger partial charge in [0.15, 0.2) is 0 Å². The first kappa shape index (κ1) is 21.0. The molecule has 1 aromatic carbocycles. The van der Waals surface area contributed by atoms with Crippen LogP contribution in [0.25, 0.3) is 11.3 Å². The molecule has 1 saturated carbocycles. The van der Waals surface area contributed by atoms with E-state index in [1.807, 2.05) is 18.3 Å². The second-order valence-electron chi connectivity index (χ2n) is 9.47. The van der Waals surface area contributed by atoms with Gasteiger partial charge in [-0.3, -0.25) is 4.79 Å². The van der Waals surface area contributed by atoms with E-state index in [0.29, 0.717) is 22.8 Å². The maximum absolute atomic E-state index is 14.4. The Kier molecular flexibility index (Phi) is 5.16. The Bertz CT molecular complexity index is 1220. The number of hydrogen-bond donors (Lipinski definition) is 2. The monoisotopic (exact) mass is 461 g/mol. The van der Waals surface area contributed by atoms with Gasteiger partial charge in [-0.15, -0.1) is 0 Å². The Labute approximate surface area is 196 Å². The molecule has 0 atom stereocenters. The molecular weight excluding hydrogens is 436 g/mol. The average molecular weight is 462 g/mol. The minimum Gasteiger partial charge on any atom is -0.370 e. The summed E-state index contributed by atoms with van der Waals surface area (Å²) in [5, 5.41) is 5.92. The first-order valence-corrected chi connectivity index (χ1v) is 11.8. The van der Waals surface area contributed by atoms with Crippen LogP contribution in [0.15, 0.2) is 42.6 Å². The van der Waals surface area contributed by atoms with Crippen molar-refractivity contribution >= 4 is 23.1 Å². The molecular formula is C26H25F2N5O. The SMILES string of the molecule is O=C1NCc2nc(-c3c(F)cccc3F)cc(Nc3ccc(N4CC5CCC(CC5)C4)cn3)c21. The van der Waals surface area contributed by atoms with E-state index in [0.717, 1.165) is 30.6 Å². The summed E-state index contributed by atoms with van der Waals surface area (Å²) in [6.07, 6.45) is 7.11. The van der Waals surface area contributed by atoms with Crippen LogP contribution in [0, 0.1) is 23.5 Å². The fraction of sp³-hybridized carbons (Fsp3) is 0.346. The van der Waals surface area contributed by atoms with Crippen LogP contribution in [0.5, 0.6) is 0 Å². The first-order valence-electron chi connectivity index (χ1n) is 11.8. The molecule has 2 aromatic heterocycles. The van der Waals surface area contributed by atoms with Crippen molar-refractivity contribution in [3.8, 4) is 11.3 Å². The molecule has 0 spiro atoms. The number of nitrogens with zero attached hydrogens (tertiary/aromatic N) is 3. The summed E-state index contributed by atoms with van der Waals surface area (Å²) in [5.41, 5.74) is 2.25. The number of halogens is 2. The minimum absolute atomic E-state index is 0.130. The van der Waals surface area contributed by atoms with E-state index >= 15 is 0 Å². The van der Waals surface area contributed by atoms with Crippen molar-refractivity contribution in [1.82, 2.24) is 15.3 Å². The van der Waals surface area contributed by atoms with Gasteiger partial charge in [0.1, 0.15) is 17.5 Å². The summed E-state index contributed by atoms with van der Waals surface area (Å²) in [7, 11) is 0. The third-order valence-electron chi connectivity index (χ3n) is 7.26. The van der Waals surface area contributed by atoms with Gasteiger partial charge in [-0.25, -0.2) is 18.7 Å². The van der Waals surface area contributed by atoms with Gasteiger partial charge in [-0.1, -0.05) is 6.07 Å². The fourth-order valence-corrected chi connectivity index (χ4v) is 5.49. The number of rotatable bonds is 4. The van der Waals surface area contributed by atoms with Gasteiger partial charge in [0, 0.05) is 13.1 Å². The van der Waals surface area contributed by atoms with Crippen molar-refractivity contribution in [2.45, 2.75) is 32.2 Å². The van der Waals surface area contributed by atoms with Crippen molar-refractivity contribution in [2.24, 2.45) is 11.8 Å². The van der Waals surface area contributed by atoms with Crippen LogP contribution < -0.4 is 15.5 Å². The zero-order valence-electron chi connectivity index (χ0n) is 18.7. The van der Waals surface area contributed by atoms with Gasteiger partial charge in [0.05, 0.1) is 46.6 Å². The molecule has 0 unspecified atom stereocenters. The maximum Gasteiger partial charge on any atom is 0.255 e. The van der Waals surface area contributed by atoms with Crippen LogP contribution in [-0.2, 0) is 6.54 Å². The normalized spacial score (nSPS) is 21.2. The van der Waals surface area contributed by atoms with Crippen LogP contribution in [0.4, 0.5) is 26.0 Å². The van der Waals surface area contributed by atoms with Gasteiger partial charge < -0.3 is 15.5 Å². The predicted molar refractivity (Wildman–Crippen MR) is 126 cm³/mol. The molecule has 0 radical (unpaired) electrons. The van der Waals surface area contributed by atoms with Gasteiger partial charge in [-0.05, 0) is 67.9 Å². The quantitative estimate of drug-likeness (QED) is 0.570. The van der Waals surface area contributed by atoms with Crippen LogP contribution >= 0.6 is 0 Å². The van der Waals surface area contributed by atoms with Gasteiger partial charge in [0.2, 0.25) is 0 Å². The number of amides is 1. The number of fused-ring (bicyclic) bond motifs is 5. The summed E-state index contributed by atoms with van der Waals surface area (Å²) in [4.78, 5) is 23.8. The van der Waals surface area contributed by atoms with Gasteiger partial charge in [0.25, 0.3) is 5.91 Å². The van der Waals surface area contributed by atoms with E-state index in [4.69, 9.17) is 0 Å². The van der Waals surface area contributed by atoms with Crippen LogP contribution in [-0.4, -0.2) is 29.0 Å². The molecule has 6 nitrogen and oxygen atoms in total. The molecule has 3 aliphatic heterocycles. The summed E-state index contributed by atoms with van der Waals surface area (Å²) >= 11 is 0. The molecule has 4 aliphatic rings. The first-order chi connectivity index (χ1) is 16.5. The van der Waals surface area contributed by atoms with Crippen molar-refractivity contribution < 1.29 is 13.6 Å². The lowest BCUT2D eigenvalue weighted by Gasteiger charge is -2.24. The number of anilines is 3. The van der Waals surface area contributed by atoms with E-state index in [1.165, 1.54) is 49.9 Å². The highest BCUT2D eigenvalue weighted by molar-refractivity contribution is 6.04. The molecule has 3 aromatic rings. The molecule has 7 rings (SSSR count). The summed E-state index contributed by atoms with van der Waals surface area (Å²) < 4.78 is 28.9. The van der Waals surface area contributed by atoms with E-state index in [9.17, 15) is 13.6 Å². The van der Waals surface area contributed by atoms with E-state index < -0.39 is 11.6 Å². The molecule has 34 heavy (non-hydrogen) atoms.